The Hall–Kier alpha value is -1.72. The molecule has 1 aromatic carbocycles. The van der Waals surface area contributed by atoms with Gasteiger partial charge in [0, 0.05) is 19.1 Å². The van der Waals surface area contributed by atoms with Crippen LogP contribution < -0.4 is 5.32 Å². The van der Waals surface area contributed by atoms with Crippen molar-refractivity contribution in [2.45, 2.75) is 39.4 Å². The molecule has 0 bridgehead atoms. The van der Waals surface area contributed by atoms with Crippen LogP contribution in [0.4, 0.5) is 18.0 Å². The van der Waals surface area contributed by atoms with Gasteiger partial charge in [0.2, 0.25) is 0 Å². The first-order chi connectivity index (χ1) is 9.79. The quantitative estimate of drug-likeness (QED) is 0.884. The molecule has 0 aliphatic carbocycles. The number of halogens is 3. The molecule has 1 aromatic rings. The Labute approximate surface area is 123 Å². The number of urea groups is 1. The molecule has 0 heterocycles. The van der Waals surface area contributed by atoms with E-state index in [-0.39, 0.29) is 12.1 Å². The van der Waals surface area contributed by atoms with Gasteiger partial charge < -0.3 is 10.2 Å². The van der Waals surface area contributed by atoms with E-state index in [4.69, 9.17) is 0 Å². The van der Waals surface area contributed by atoms with Crippen LogP contribution in [-0.4, -0.2) is 30.1 Å². The zero-order valence-corrected chi connectivity index (χ0v) is 12.5. The highest BCUT2D eigenvalue weighted by atomic mass is 19.4. The molecular formula is C15H21F3N2O. The predicted molar refractivity (Wildman–Crippen MR) is 76.1 cm³/mol. The van der Waals surface area contributed by atoms with E-state index in [1.807, 2.05) is 20.8 Å². The number of hydrogen-bond acceptors (Lipinski definition) is 1. The summed E-state index contributed by atoms with van der Waals surface area (Å²) in [6.45, 7) is 6.53. The largest absolute Gasteiger partial charge is 0.416 e. The Morgan fingerprint density at radius 1 is 1.33 bits per heavy atom. The third kappa shape index (κ3) is 4.95. The average Bonchev–Trinajstić information content (AvgIpc) is 2.39. The summed E-state index contributed by atoms with van der Waals surface area (Å²) in [5, 5.41) is 2.71. The molecule has 21 heavy (non-hydrogen) atoms. The first-order valence-corrected chi connectivity index (χ1v) is 7.00. The molecule has 118 valence electrons. The van der Waals surface area contributed by atoms with Gasteiger partial charge in [-0.1, -0.05) is 18.2 Å². The molecule has 6 heteroatoms. The summed E-state index contributed by atoms with van der Waals surface area (Å²) in [5.74, 6) is 0. The van der Waals surface area contributed by atoms with E-state index >= 15 is 0 Å². The zero-order chi connectivity index (χ0) is 16.0. The SMILES string of the molecule is CCNC(=O)N(CC)C(C)Cc1cccc(C(F)(F)F)c1. The molecular weight excluding hydrogens is 281 g/mol. The maximum atomic E-state index is 12.7. The summed E-state index contributed by atoms with van der Waals surface area (Å²) >= 11 is 0. The average molecular weight is 302 g/mol. The number of carbonyl (C=O) groups is 1. The molecule has 0 aliphatic heterocycles. The molecule has 0 saturated carbocycles. The number of amides is 2. The van der Waals surface area contributed by atoms with E-state index in [1.165, 1.54) is 6.07 Å². The lowest BCUT2D eigenvalue weighted by molar-refractivity contribution is -0.137. The van der Waals surface area contributed by atoms with Gasteiger partial charge in [-0.2, -0.15) is 13.2 Å². The van der Waals surface area contributed by atoms with Crippen LogP contribution in [-0.2, 0) is 12.6 Å². The lowest BCUT2D eigenvalue weighted by Crippen LogP contribution is -2.45. The summed E-state index contributed by atoms with van der Waals surface area (Å²) < 4.78 is 38.1. The van der Waals surface area contributed by atoms with Crippen LogP contribution in [0.1, 0.15) is 31.9 Å². The van der Waals surface area contributed by atoms with Crippen LogP contribution >= 0.6 is 0 Å². The third-order valence-corrected chi connectivity index (χ3v) is 3.25. The fourth-order valence-electron chi connectivity index (χ4n) is 2.23. The molecule has 1 atom stereocenters. The molecule has 3 nitrogen and oxygen atoms in total. The van der Waals surface area contributed by atoms with E-state index in [2.05, 4.69) is 5.32 Å². The molecule has 0 saturated heterocycles. The van der Waals surface area contributed by atoms with E-state index in [0.29, 0.717) is 25.1 Å². The fourth-order valence-corrected chi connectivity index (χ4v) is 2.23. The lowest BCUT2D eigenvalue weighted by Gasteiger charge is -2.28. The first kappa shape index (κ1) is 17.3. The topological polar surface area (TPSA) is 32.3 Å². The van der Waals surface area contributed by atoms with E-state index in [9.17, 15) is 18.0 Å². The van der Waals surface area contributed by atoms with Gasteiger partial charge in [0.25, 0.3) is 0 Å². The number of alkyl halides is 3. The lowest BCUT2D eigenvalue weighted by atomic mass is 10.0. The number of rotatable bonds is 5. The van der Waals surface area contributed by atoms with Crippen LogP contribution in [0.2, 0.25) is 0 Å². The molecule has 1 N–H and O–H groups in total. The second kappa shape index (κ2) is 7.33. The highest BCUT2D eigenvalue weighted by Crippen LogP contribution is 2.29. The van der Waals surface area contributed by atoms with Crippen LogP contribution in [0.5, 0.6) is 0 Å². The molecule has 1 rings (SSSR count). The summed E-state index contributed by atoms with van der Waals surface area (Å²) in [7, 11) is 0. The van der Waals surface area contributed by atoms with Gasteiger partial charge in [0.05, 0.1) is 5.56 Å². The molecule has 0 aromatic heterocycles. The number of nitrogens with one attached hydrogen (secondary N) is 1. The van der Waals surface area contributed by atoms with Crippen LogP contribution in [0.15, 0.2) is 24.3 Å². The van der Waals surface area contributed by atoms with Crippen molar-refractivity contribution in [1.82, 2.24) is 10.2 Å². The summed E-state index contributed by atoms with van der Waals surface area (Å²) in [4.78, 5) is 13.5. The summed E-state index contributed by atoms with van der Waals surface area (Å²) in [6, 6.07) is 4.87. The van der Waals surface area contributed by atoms with Crippen molar-refractivity contribution in [2.75, 3.05) is 13.1 Å². The maximum absolute atomic E-state index is 12.7. The monoisotopic (exact) mass is 302 g/mol. The van der Waals surface area contributed by atoms with Crippen molar-refractivity contribution in [2.24, 2.45) is 0 Å². The van der Waals surface area contributed by atoms with Crippen molar-refractivity contribution in [3.8, 4) is 0 Å². The number of hydrogen-bond donors (Lipinski definition) is 1. The van der Waals surface area contributed by atoms with Gasteiger partial charge in [-0.15, -0.1) is 0 Å². The van der Waals surface area contributed by atoms with Crippen molar-refractivity contribution in [3.05, 3.63) is 35.4 Å². The van der Waals surface area contributed by atoms with Crippen molar-refractivity contribution in [3.63, 3.8) is 0 Å². The Kier molecular flexibility index (Phi) is 6.05. The predicted octanol–water partition coefficient (Wildman–Crippen LogP) is 3.69. The summed E-state index contributed by atoms with van der Waals surface area (Å²) in [5.41, 5.74) is -0.0895. The Morgan fingerprint density at radius 2 is 2.00 bits per heavy atom. The first-order valence-electron chi connectivity index (χ1n) is 7.00. The zero-order valence-electron chi connectivity index (χ0n) is 12.5. The highest BCUT2D eigenvalue weighted by molar-refractivity contribution is 5.74. The van der Waals surface area contributed by atoms with Crippen molar-refractivity contribution >= 4 is 6.03 Å². The van der Waals surface area contributed by atoms with Crippen LogP contribution in [0.3, 0.4) is 0 Å². The maximum Gasteiger partial charge on any atom is 0.416 e. The Bertz CT molecular complexity index is 474. The molecule has 1 unspecified atom stereocenters. The van der Waals surface area contributed by atoms with Gasteiger partial charge in [-0.3, -0.25) is 0 Å². The molecule has 0 aliphatic rings. The smallest absolute Gasteiger partial charge is 0.338 e. The standard InChI is InChI=1S/C15H21F3N2O/c1-4-19-14(21)20(5-2)11(3)9-12-7-6-8-13(10-12)15(16,17)18/h6-8,10-11H,4-5,9H2,1-3H3,(H,19,21). The molecule has 0 spiro atoms. The van der Waals surface area contributed by atoms with Crippen LogP contribution in [0, 0.1) is 0 Å². The van der Waals surface area contributed by atoms with Crippen molar-refractivity contribution in [1.29, 1.82) is 0 Å². The minimum Gasteiger partial charge on any atom is -0.338 e. The van der Waals surface area contributed by atoms with Crippen molar-refractivity contribution < 1.29 is 18.0 Å². The Balaban J connectivity index is 2.82. The molecule has 2 amide bonds. The van der Waals surface area contributed by atoms with Crippen LogP contribution in [0.25, 0.3) is 0 Å². The normalized spacial score (nSPS) is 12.9. The van der Waals surface area contributed by atoms with Gasteiger partial charge in [-0.25, -0.2) is 4.79 Å². The van der Waals surface area contributed by atoms with E-state index < -0.39 is 11.7 Å². The van der Waals surface area contributed by atoms with Gasteiger partial charge >= 0.3 is 12.2 Å². The number of likely N-dealkylation sites (N-methyl/N-ethyl adjacent to an activating group) is 1. The third-order valence-electron chi connectivity index (χ3n) is 3.25. The van der Waals surface area contributed by atoms with Gasteiger partial charge in [-0.05, 0) is 38.8 Å². The molecule has 0 radical (unpaired) electrons. The second-order valence-corrected chi connectivity index (χ2v) is 4.87. The fraction of sp³-hybridized carbons (Fsp3) is 0.533. The number of benzene rings is 1. The van der Waals surface area contributed by atoms with E-state index in [0.717, 1.165) is 12.1 Å². The second-order valence-electron chi connectivity index (χ2n) is 4.87. The van der Waals surface area contributed by atoms with Gasteiger partial charge in [0.15, 0.2) is 0 Å². The minimum absolute atomic E-state index is 0.176. The highest BCUT2D eigenvalue weighted by Gasteiger charge is 2.30. The molecule has 0 fully saturated rings. The van der Waals surface area contributed by atoms with Gasteiger partial charge in [0.1, 0.15) is 0 Å². The summed E-state index contributed by atoms with van der Waals surface area (Å²) in [6.07, 6.45) is -3.96. The van der Waals surface area contributed by atoms with E-state index in [1.54, 1.807) is 11.0 Å². The number of nitrogens with zero attached hydrogens (tertiary/aromatic N) is 1. The Morgan fingerprint density at radius 3 is 2.52 bits per heavy atom. The number of carbonyl (C=O) groups excluding carboxylic acids is 1. The minimum atomic E-state index is -4.34.